The fraction of sp³-hybridized carbons (Fsp3) is 0.500. The second-order valence-corrected chi connectivity index (χ2v) is 8.57. The number of hydrogen-bond acceptors (Lipinski definition) is 9. The van der Waals surface area contributed by atoms with Gasteiger partial charge < -0.3 is 23.9 Å². The van der Waals surface area contributed by atoms with Crippen molar-refractivity contribution in [3.63, 3.8) is 0 Å². The first kappa shape index (κ1) is 22.0. The van der Waals surface area contributed by atoms with Crippen molar-refractivity contribution in [3.8, 4) is 0 Å². The van der Waals surface area contributed by atoms with Crippen LogP contribution in [0.5, 0.6) is 0 Å². The number of sulfonamides is 1. The van der Waals surface area contributed by atoms with E-state index in [0.29, 0.717) is 31.2 Å². The molecule has 0 radical (unpaired) electrons. The summed E-state index contributed by atoms with van der Waals surface area (Å²) in [6.07, 6.45) is 0.250. The molecule has 1 fully saturated rings. The summed E-state index contributed by atoms with van der Waals surface area (Å²) in [4.78, 5) is 25.7. The maximum Gasteiger partial charge on any atom is 0.374 e. The van der Waals surface area contributed by atoms with Gasteiger partial charge in [-0.25, -0.2) is 13.2 Å². The monoisotopic (exact) mass is 440 g/mol. The molecule has 0 aromatic carbocycles. The van der Waals surface area contributed by atoms with Gasteiger partial charge in [0.05, 0.1) is 6.61 Å². The number of amides is 1. The highest BCUT2D eigenvalue weighted by atomic mass is 32.2. The van der Waals surface area contributed by atoms with Crippen LogP contribution in [0.1, 0.15) is 29.7 Å². The summed E-state index contributed by atoms with van der Waals surface area (Å²) in [5.74, 6) is -0.0757. The molecule has 0 spiro atoms. The molecule has 3 heterocycles. The second-order valence-electron chi connectivity index (χ2n) is 6.71. The van der Waals surface area contributed by atoms with Crippen LogP contribution in [0, 0.1) is 6.92 Å². The lowest BCUT2D eigenvalue weighted by molar-refractivity contribution is -0.116. The number of nitrogens with zero attached hydrogens (tertiary/aromatic N) is 3. The maximum absolute atomic E-state index is 12.7. The standard InChI is InChI=1S/C18H24N4O7S/c1-3-27-18(24)14-4-5-17(28-14)30(25,26)22-10-8-21(9-11-22)7-6-16(23)19-15-12-13(2)29-20-15/h4-5,12H,3,6-11H2,1-2H3,(H,19,20,23). The van der Waals surface area contributed by atoms with Crippen molar-refractivity contribution < 1.29 is 31.7 Å². The normalized spacial score (nSPS) is 15.8. The highest BCUT2D eigenvalue weighted by Gasteiger charge is 2.31. The predicted octanol–water partition coefficient (Wildman–Crippen LogP) is 1.09. The van der Waals surface area contributed by atoms with Gasteiger partial charge in [0.2, 0.25) is 16.8 Å². The Bertz CT molecular complexity index is 990. The molecule has 2 aromatic rings. The molecular weight excluding hydrogens is 416 g/mol. The molecule has 1 saturated heterocycles. The molecule has 1 N–H and O–H groups in total. The smallest absolute Gasteiger partial charge is 0.374 e. The minimum Gasteiger partial charge on any atom is -0.460 e. The molecule has 0 saturated carbocycles. The molecule has 11 nitrogen and oxygen atoms in total. The molecular formula is C18H24N4O7S. The van der Waals surface area contributed by atoms with Crippen LogP contribution in [0.25, 0.3) is 0 Å². The fourth-order valence-electron chi connectivity index (χ4n) is 2.98. The number of nitrogens with one attached hydrogen (secondary N) is 1. The maximum atomic E-state index is 12.7. The number of carbonyl (C=O) groups is 2. The van der Waals surface area contributed by atoms with E-state index in [1.807, 2.05) is 4.90 Å². The molecule has 164 valence electrons. The largest absolute Gasteiger partial charge is 0.460 e. The Kier molecular flexibility index (Phi) is 6.90. The lowest BCUT2D eigenvalue weighted by Gasteiger charge is -2.33. The average molecular weight is 440 g/mol. The topological polar surface area (TPSA) is 135 Å². The number of piperazine rings is 1. The Morgan fingerprint density at radius 3 is 2.60 bits per heavy atom. The SMILES string of the molecule is CCOC(=O)c1ccc(S(=O)(=O)N2CCN(CCC(=O)Nc3cc(C)on3)CC2)o1. The van der Waals surface area contributed by atoms with E-state index < -0.39 is 16.0 Å². The van der Waals surface area contributed by atoms with Crippen LogP contribution < -0.4 is 5.32 Å². The van der Waals surface area contributed by atoms with Gasteiger partial charge in [-0.1, -0.05) is 5.16 Å². The summed E-state index contributed by atoms with van der Waals surface area (Å²) in [6, 6.07) is 4.17. The number of ether oxygens (including phenoxy) is 1. The van der Waals surface area contributed by atoms with Crippen molar-refractivity contribution in [1.82, 2.24) is 14.4 Å². The van der Waals surface area contributed by atoms with E-state index in [1.165, 1.54) is 16.4 Å². The lowest BCUT2D eigenvalue weighted by Crippen LogP contribution is -2.49. The Labute approximate surface area is 174 Å². The fourth-order valence-corrected chi connectivity index (χ4v) is 4.32. The lowest BCUT2D eigenvalue weighted by atomic mass is 10.3. The van der Waals surface area contributed by atoms with Crippen LogP contribution in [-0.2, 0) is 19.6 Å². The molecule has 12 heteroatoms. The van der Waals surface area contributed by atoms with E-state index in [1.54, 1.807) is 19.9 Å². The third-order valence-corrected chi connectivity index (χ3v) is 6.31. The quantitative estimate of drug-likeness (QED) is 0.598. The molecule has 1 amide bonds. The van der Waals surface area contributed by atoms with Crippen molar-refractivity contribution in [3.05, 3.63) is 29.7 Å². The highest BCUT2D eigenvalue weighted by Crippen LogP contribution is 2.21. The number of anilines is 1. The van der Waals surface area contributed by atoms with Gasteiger partial charge in [-0.05, 0) is 26.0 Å². The minimum atomic E-state index is -3.85. The number of carbonyl (C=O) groups excluding carboxylic acids is 2. The first-order valence-electron chi connectivity index (χ1n) is 9.52. The van der Waals surface area contributed by atoms with Crippen molar-refractivity contribution >= 4 is 27.7 Å². The second kappa shape index (κ2) is 9.41. The summed E-state index contributed by atoms with van der Waals surface area (Å²) in [7, 11) is -3.85. The molecule has 0 aliphatic carbocycles. The van der Waals surface area contributed by atoms with E-state index in [4.69, 9.17) is 13.7 Å². The Hall–Kier alpha value is -2.70. The van der Waals surface area contributed by atoms with E-state index in [9.17, 15) is 18.0 Å². The Balaban J connectivity index is 1.48. The van der Waals surface area contributed by atoms with Crippen LogP contribution in [0.3, 0.4) is 0 Å². The highest BCUT2D eigenvalue weighted by molar-refractivity contribution is 7.89. The first-order valence-corrected chi connectivity index (χ1v) is 11.0. The third kappa shape index (κ3) is 5.26. The zero-order chi connectivity index (χ0) is 21.7. The van der Waals surface area contributed by atoms with Crippen LogP contribution in [0.15, 0.2) is 32.2 Å². The number of aromatic nitrogens is 1. The van der Waals surface area contributed by atoms with Crippen LogP contribution in [-0.4, -0.2) is 74.0 Å². The third-order valence-electron chi connectivity index (χ3n) is 4.53. The van der Waals surface area contributed by atoms with Crippen molar-refractivity contribution in [2.75, 3.05) is 44.6 Å². The van der Waals surface area contributed by atoms with Gasteiger partial charge in [0.1, 0.15) is 5.76 Å². The Morgan fingerprint density at radius 2 is 1.97 bits per heavy atom. The van der Waals surface area contributed by atoms with E-state index in [-0.39, 0.29) is 42.9 Å². The molecule has 3 rings (SSSR count). The van der Waals surface area contributed by atoms with E-state index in [0.717, 1.165) is 0 Å². The van der Waals surface area contributed by atoms with Gasteiger partial charge in [-0.15, -0.1) is 0 Å². The first-order chi connectivity index (χ1) is 14.3. The number of aryl methyl sites for hydroxylation is 1. The average Bonchev–Trinajstić information content (AvgIpc) is 3.37. The molecule has 2 aromatic heterocycles. The summed E-state index contributed by atoms with van der Waals surface area (Å²) in [5.41, 5.74) is 0. The van der Waals surface area contributed by atoms with Gasteiger partial charge in [-0.2, -0.15) is 4.31 Å². The molecule has 30 heavy (non-hydrogen) atoms. The van der Waals surface area contributed by atoms with Crippen molar-refractivity contribution in [1.29, 1.82) is 0 Å². The van der Waals surface area contributed by atoms with Crippen molar-refractivity contribution in [2.24, 2.45) is 0 Å². The van der Waals surface area contributed by atoms with Crippen LogP contribution in [0.2, 0.25) is 0 Å². The van der Waals surface area contributed by atoms with Gasteiger partial charge >= 0.3 is 5.97 Å². The summed E-state index contributed by atoms with van der Waals surface area (Å²) >= 11 is 0. The van der Waals surface area contributed by atoms with Gasteiger partial charge in [-0.3, -0.25) is 4.79 Å². The van der Waals surface area contributed by atoms with Crippen LogP contribution >= 0.6 is 0 Å². The summed E-state index contributed by atoms with van der Waals surface area (Å²) < 4.78 is 41.7. The molecule has 0 atom stereocenters. The van der Waals surface area contributed by atoms with Crippen LogP contribution in [0.4, 0.5) is 5.82 Å². The zero-order valence-corrected chi connectivity index (χ0v) is 17.6. The zero-order valence-electron chi connectivity index (χ0n) is 16.8. The summed E-state index contributed by atoms with van der Waals surface area (Å²) in [6.45, 7) is 5.49. The molecule has 0 bridgehead atoms. The number of hydrogen-bond donors (Lipinski definition) is 1. The van der Waals surface area contributed by atoms with Gasteiger partial charge in [0, 0.05) is 45.2 Å². The predicted molar refractivity (Wildman–Crippen MR) is 104 cm³/mol. The van der Waals surface area contributed by atoms with Gasteiger partial charge in [0.15, 0.2) is 5.82 Å². The Morgan fingerprint density at radius 1 is 1.23 bits per heavy atom. The summed E-state index contributed by atoms with van der Waals surface area (Å²) in [5, 5.41) is 6.07. The minimum absolute atomic E-state index is 0.151. The number of esters is 1. The molecule has 1 aliphatic heterocycles. The number of rotatable bonds is 8. The number of furan rings is 1. The molecule has 1 aliphatic rings. The van der Waals surface area contributed by atoms with E-state index in [2.05, 4.69) is 10.5 Å². The van der Waals surface area contributed by atoms with Gasteiger partial charge in [0.25, 0.3) is 10.0 Å². The van der Waals surface area contributed by atoms with E-state index >= 15 is 0 Å². The molecule has 0 unspecified atom stereocenters. The van der Waals surface area contributed by atoms with Crippen molar-refractivity contribution in [2.45, 2.75) is 25.4 Å².